The molecule has 3 heteroatoms. The molecule has 0 unspecified atom stereocenters. The van der Waals surface area contributed by atoms with Crippen molar-refractivity contribution in [1.29, 1.82) is 0 Å². The van der Waals surface area contributed by atoms with E-state index in [0.717, 1.165) is 29.8 Å². The summed E-state index contributed by atoms with van der Waals surface area (Å²) in [6.07, 6.45) is 2.19. The first kappa shape index (κ1) is 13.6. The van der Waals surface area contributed by atoms with Crippen LogP contribution in [-0.2, 0) is 4.79 Å². The summed E-state index contributed by atoms with van der Waals surface area (Å²) in [5, 5.41) is 6.31. The number of nitrogens with one attached hydrogen (secondary N) is 2. The van der Waals surface area contributed by atoms with E-state index in [-0.39, 0.29) is 5.91 Å². The third-order valence-electron chi connectivity index (χ3n) is 2.90. The molecule has 94 valence electrons. The zero-order chi connectivity index (χ0) is 12.8. The van der Waals surface area contributed by atoms with Crippen LogP contribution in [-0.4, -0.2) is 11.9 Å². The second-order valence-corrected chi connectivity index (χ2v) is 4.37. The minimum Gasteiger partial charge on any atom is -0.382 e. The predicted molar refractivity (Wildman–Crippen MR) is 73.5 cm³/mol. The maximum absolute atomic E-state index is 11.1. The Morgan fingerprint density at radius 3 is 2.47 bits per heavy atom. The van der Waals surface area contributed by atoms with Gasteiger partial charge in [0.25, 0.3) is 0 Å². The maximum Gasteiger partial charge on any atom is 0.221 e. The molecule has 0 heterocycles. The monoisotopic (exact) mass is 234 g/mol. The average Bonchev–Trinajstić information content (AvgIpc) is 2.29. The van der Waals surface area contributed by atoms with Gasteiger partial charge in [-0.3, -0.25) is 4.79 Å². The fourth-order valence-electron chi connectivity index (χ4n) is 1.76. The molecular weight excluding hydrogens is 212 g/mol. The number of hydrogen-bond acceptors (Lipinski definition) is 2. The third kappa shape index (κ3) is 4.10. The molecule has 0 bridgehead atoms. The predicted octanol–water partition coefficient (Wildman–Crippen LogP) is 3.55. The van der Waals surface area contributed by atoms with Gasteiger partial charge in [0.05, 0.1) is 0 Å². The van der Waals surface area contributed by atoms with Gasteiger partial charge in [-0.05, 0) is 37.5 Å². The van der Waals surface area contributed by atoms with Crippen molar-refractivity contribution in [3.63, 3.8) is 0 Å². The Morgan fingerprint density at radius 2 is 1.94 bits per heavy atom. The van der Waals surface area contributed by atoms with Crippen LogP contribution in [0.25, 0.3) is 0 Å². The molecule has 1 rings (SSSR count). The van der Waals surface area contributed by atoms with Crippen LogP contribution in [0.4, 0.5) is 11.4 Å². The number of carbonyl (C=O) groups excluding carboxylic acids is 1. The number of benzene rings is 1. The summed E-state index contributed by atoms with van der Waals surface area (Å²) in [6.45, 7) is 7.86. The van der Waals surface area contributed by atoms with Gasteiger partial charge in [0, 0.05) is 24.3 Å². The number of aryl methyl sites for hydroxylation is 1. The Bertz CT molecular complexity index is 384. The Kier molecular flexibility index (Phi) is 5.01. The standard InChI is InChI=1S/C14H22N2O/c1-5-12(6-2)16-13-8-7-10(3)14(9-13)15-11(4)17/h7-9,12,16H,5-6H2,1-4H3,(H,15,17). The van der Waals surface area contributed by atoms with E-state index in [1.807, 2.05) is 19.1 Å². The van der Waals surface area contributed by atoms with E-state index in [2.05, 4.69) is 30.5 Å². The second kappa shape index (κ2) is 6.28. The lowest BCUT2D eigenvalue weighted by Crippen LogP contribution is -2.17. The number of hydrogen-bond donors (Lipinski definition) is 2. The Hall–Kier alpha value is -1.51. The highest BCUT2D eigenvalue weighted by Crippen LogP contribution is 2.21. The van der Waals surface area contributed by atoms with Crippen LogP contribution >= 0.6 is 0 Å². The summed E-state index contributed by atoms with van der Waals surface area (Å²) in [4.78, 5) is 11.1. The molecule has 0 aliphatic heterocycles. The Labute approximate surface area is 104 Å². The summed E-state index contributed by atoms with van der Waals surface area (Å²) in [5.74, 6) is -0.0345. The van der Waals surface area contributed by atoms with Crippen LogP contribution in [0.1, 0.15) is 39.2 Å². The lowest BCUT2D eigenvalue weighted by Gasteiger charge is -2.17. The van der Waals surface area contributed by atoms with Gasteiger partial charge in [0.2, 0.25) is 5.91 Å². The van der Waals surface area contributed by atoms with Crippen molar-refractivity contribution in [3.8, 4) is 0 Å². The fraction of sp³-hybridized carbons (Fsp3) is 0.500. The first-order chi connectivity index (χ1) is 8.06. The summed E-state index contributed by atoms with van der Waals surface area (Å²) < 4.78 is 0. The van der Waals surface area contributed by atoms with Crippen molar-refractivity contribution >= 4 is 17.3 Å². The molecule has 1 amide bonds. The van der Waals surface area contributed by atoms with E-state index in [9.17, 15) is 4.79 Å². The summed E-state index contributed by atoms with van der Waals surface area (Å²) in [5.41, 5.74) is 3.02. The highest BCUT2D eigenvalue weighted by molar-refractivity contribution is 5.90. The molecule has 17 heavy (non-hydrogen) atoms. The van der Waals surface area contributed by atoms with E-state index >= 15 is 0 Å². The molecule has 0 saturated carbocycles. The first-order valence-corrected chi connectivity index (χ1v) is 6.21. The Balaban J connectivity index is 2.84. The topological polar surface area (TPSA) is 41.1 Å². The molecule has 1 aromatic carbocycles. The molecule has 0 aliphatic rings. The van der Waals surface area contributed by atoms with Gasteiger partial charge in [-0.2, -0.15) is 0 Å². The first-order valence-electron chi connectivity index (χ1n) is 6.21. The minimum absolute atomic E-state index is 0.0345. The van der Waals surface area contributed by atoms with Crippen molar-refractivity contribution in [2.75, 3.05) is 10.6 Å². The van der Waals surface area contributed by atoms with Crippen molar-refractivity contribution in [3.05, 3.63) is 23.8 Å². The highest BCUT2D eigenvalue weighted by atomic mass is 16.1. The third-order valence-corrected chi connectivity index (χ3v) is 2.90. The number of carbonyl (C=O) groups is 1. The molecule has 1 aromatic rings. The smallest absolute Gasteiger partial charge is 0.221 e. The lowest BCUT2D eigenvalue weighted by atomic mass is 10.1. The highest BCUT2D eigenvalue weighted by Gasteiger charge is 2.05. The van der Waals surface area contributed by atoms with E-state index in [0.29, 0.717) is 6.04 Å². The fourth-order valence-corrected chi connectivity index (χ4v) is 1.76. The molecule has 0 aliphatic carbocycles. The summed E-state index contributed by atoms with van der Waals surface area (Å²) >= 11 is 0. The minimum atomic E-state index is -0.0345. The van der Waals surface area contributed by atoms with Crippen LogP contribution in [0.5, 0.6) is 0 Å². The van der Waals surface area contributed by atoms with Gasteiger partial charge in [0.1, 0.15) is 0 Å². The van der Waals surface area contributed by atoms with Gasteiger partial charge in [-0.15, -0.1) is 0 Å². The van der Waals surface area contributed by atoms with Crippen LogP contribution in [0, 0.1) is 6.92 Å². The van der Waals surface area contributed by atoms with Crippen molar-refractivity contribution < 1.29 is 4.79 Å². The van der Waals surface area contributed by atoms with Crippen molar-refractivity contribution in [2.24, 2.45) is 0 Å². The van der Waals surface area contributed by atoms with E-state index < -0.39 is 0 Å². The maximum atomic E-state index is 11.1. The van der Waals surface area contributed by atoms with Gasteiger partial charge < -0.3 is 10.6 Å². The summed E-state index contributed by atoms with van der Waals surface area (Å²) in [6, 6.07) is 6.56. The molecule has 2 N–H and O–H groups in total. The van der Waals surface area contributed by atoms with Gasteiger partial charge in [-0.25, -0.2) is 0 Å². The largest absolute Gasteiger partial charge is 0.382 e. The number of amides is 1. The SMILES string of the molecule is CCC(CC)Nc1ccc(C)c(NC(C)=O)c1. The molecule has 3 nitrogen and oxygen atoms in total. The molecule has 0 saturated heterocycles. The molecule has 0 radical (unpaired) electrons. The van der Waals surface area contributed by atoms with Crippen LogP contribution in [0.2, 0.25) is 0 Å². The summed E-state index contributed by atoms with van der Waals surface area (Å²) in [7, 11) is 0. The number of anilines is 2. The van der Waals surface area contributed by atoms with Gasteiger partial charge in [0.15, 0.2) is 0 Å². The Morgan fingerprint density at radius 1 is 1.29 bits per heavy atom. The lowest BCUT2D eigenvalue weighted by molar-refractivity contribution is -0.114. The van der Waals surface area contributed by atoms with Crippen molar-refractivity contribution in [2.45, 2.75) is 46.6 Å². The van der Waals surface area contributed by atoms with Crippen LogP contribution < -0.4 is 10.6 Å². The molecule has 0 spiro atoms. The van der Waals surface area contributed by atoms with E-state index in [1.165, 1.54) is 6.92 Å². The van der Waals surface area contributed by atoms with E-state index in [1.54, 1.807) is 0 Å². The molecule has 0 aromatic heterocycles. The average molecular weight is 234 g/mol. The van der Waals surface area contributed by atoms with Crippen LogP contribution in [0.3, 0.4) is 0 Å². The van der Waals surface area contributed by atoms with Gasteiger partial charge in [-0.1, -0.05) is 19.9 Å². The normalized spacial score (nSPS) is 10.4. The zero-order valence-corrected chi connectivity index (χ0v) is 11.1. The molecule has 0 atom stereocenters. The molecular formula is C14H22N2O. The van der Waals surface area contributed by atoms with Crippen molar-refractivity contribution in [1.82, 2.24) is 0 Å². The number of rotatable bonds is 5. The quantitative estimate of drug-likeness (QED) is 0.818. The van der Waals surface area contributed by atoms with Crippen LogP contribution in [0.15, 0.2) is 18.2 Å². The molecule has 0 fully saturated rings. The second-order valence-electron chi connectivity index (χ2n) is 4.37. The van der Waals surface area contributed by atoms with E-state index in [4.69, 9.17) is 0 Å². The van der Waals surface area contributed by atoms with Gasteiger partial charge >= 0.3 is 0 Å². The zero-order valence-electron chi connectivity index (χ0n) is 11.1.